The molecule has 0 radical (unpaired) electrons. The lowest BCUT2D eigenvalue weighted by Crippen LogP contribution is -2.09. The smallest absolute Gasteiger partial charge is 0.165 e. The summed E-state index contributed by atoms with van der Waals surface area (Å²) in [6.07, 6.45) is 0.224. The lowest BCUT2D eigenvalue weighted by atomic mass is 10.0. The summed E-state index contributed by atoms with van der Waals surface area (Å²) in [6, 6.07) is 13.0. The number of carbonyl (C=O) groups is 1. The fourth-order valence-corrected chi connectivity index (χ4v) is 2.49. The zero-order valence-electron chi connectivity index (χ0n) is 13.9. The third-order valence-electron chi connectivity index (χ3n) is 3.71. The van der Waals surface area contributed by atoms with Crippen LogP contribution in [0.5, 0.6) is 5.75 Å². The average Bonchev–Trinajstić information content (AvgIpc) is 2.59. The van der Waals surface area contributed by atoms with Crippen LogP contribution in [-0.4, -0.2) is 24.1 Å². The van der Waals surface area contributed by atoms with Crippen molar-refractivity contribution >= 4 is 23.1 Å². The summed E-state index contributed by atoms with van der Waals surface area (Å²) in [6.45, 7) is 2.26. The van der Waals surface area contributed by atoms with Crippen molar-refractivity contribution in [1.82, 2.24) is 0 Å². The van der Waals surface area contributed by atoms with Gasteiger partial charge in [0.05, 0.1) is 13.2 Å². The number of halogens is 1. The Morgan fingerprint density at radius 3 is 2.58 bits per heavy atom. The normalized spacial score (nSPS) is 11.8. The monoisotopic (exact) mass is 347 g/mol. The van der Waals surface area contributed by atoms with Crippen molar-refractivity contribution in [2.45, 2.75) is 32.4 Å². The number of aliphatic hydroxyl groups is 1. The van der Waals surface area contributed by atoms with E-state index in [1.165, 1.54) is 0 Å². The minimum Gasteiger partial charge on any atom is -0.497 e. The first-order valence-electron chi connectivity index (χ1n) is 7.87. The quantitative estimate of drug-likeness (QED) is 0.699. The highest BCUT2D eigenvalue weighted by molar-refractivity contribution is 6.31. The highest BCUT2D eigenvalue weighted by Crippen LogP contribution is 2.24. The summed E-state index contributed by atoms with van der Waals surface area (Å²) in [4.78, 5) is 12.4. The Kier molecular flexibility index (Phi) is 6.64. The molecule has 128 valence electrons. The molecule has 24 heavy (non-hydrogen) atoms. The maximum Gasteiger partial charge on any atom is 0.165 e. The van der Waals surface area contributed by atoms with Gasteiger partial charge in [-0.1, -0.05) is 23.7 Å². The summed E-state index contributed by atoms with van der Waals surface area (Å²) < 4.78 is 5.14. The molecule has 2 aromatic carbocycles. The zero-order valence-corrected chi connectivity index (χ0v) is 14.6. The van der Waals surface area contributed by atoms with Crippen LogP contribution in [0, 0.1) is 0 Å². The maximum atomic E-state index is 12.4. The molecule has 2 N–H and O–H groups in total. The summed E-state index contributed by atoms with van der Waals surface area (Å²) in [5, 5.41) is 13.2. The molecule has 0 saturated heterocycles. The van der Waals surface area contributed by atoms with Gasteiger partial charge in [-0.05, 0) is 49.2 Å². The first-order chi connectivity index (χ1) is 11.5. The van der Waals surface area contributed by atoms with Crippen molar-refractivity contribution in [2.75, 3.05) is 12.4 Å². The van der Waals surface area contributed by atoms with Crippen molar-refractivity contribution < 1.29 is 14.6 Å². The van der Waals surface area contributed by atoms with Gasteiger partial charge in [0.25, 0.3) is 0 Å². The van der Waals surface area contributed by atoms with Crippen molar-refractivity contribution in [3.8, 4) is 5.75 Å². The number of hydrogen-bond acceptors (Lipinski definition) is 4. The Labute approximate surface area is 147 Å². The number of carbonyl (C=O) groups excluding carboxylic acids is 1. The Morgan fingerprint density at radius 2 is 1.96 bits per heavy atom. The largest absolute Gasteiger partial charge is 0.497 e. The number of ketones is 1. The fraction of sp³-hybridized carbons (Fsp3) is 0.316. The van der Waals surface area contributed by atoms with E-state index >= 15 is 0 Å². The van der Waals surface area contributed by atoms with Gasteiger partial charge < -0.3 is 15.2 Å². The molecule has 0 aliphatic heterocycles. The minimum atomic E-state index is -0.496. The Morgan fingerprint density at radius 1 is 1.25 bits per heavy atom. The first-order valence-corrected chi connectivity index (χ1v) is 8.25. The topological polar surface area (TPSA) is 58.6 Å². The third kappa shape index (κ3) is 5.25. The van der Waals surface area contributed by atoms with Crippen LogP contribution in [0.15, 0.2) is 42.5 Å². The maximum absolute atomic E-state index is 12.4. The molecule has 0 heterocycles. The van der Waals surface area contributed by atoms with Crippen molar-refractivity contribution in [3.63, 3.8) is 0 Å². The second-order valence-electron chi connectivity index (χ2n) is 5.70. The van der Waals surface area contributed by atoms with E-state index in [0.29, 0.717) is 23.6 Å². The molecule has 0 spiro atoms. The summed E-state index contributed by atoms with van der Waals surface area (Å²) >= 11 is 6.03. The van der Waals surface area contributed by atoms with Gasteiger partial charge in [0, 0.05) is 29.2 Å². The number of anilines is 1. The Balaban J connectivity index is 2.09. The van der Waals surface area contributed by atoms with E-state index in [0.717, 1.165) is 17.0 Å². The number of ether oxygens (including phenoxy) is 1. The number of methoxy groups -OCH3 is 1. The van der Waals surface area contributed by atoms with Crippen molar-refractivity contribution in [2.24, 2.45) is 0 Å². The van der Waals surface area contributed by atoms with Crippen LogP contribution in [0.3, 0.4) is 0 Å². The lowest BCUT2D eigenvalue weighted by molar-refractivity contribution is 0.0950. The highest BCUT2D eigenvalue weighted by Gasteiger charge is 2.13. The second-order valence-corrected chi connectivity index (χ2v) is 6.14. The summed E-state index contributed by atoms with van der Waals surface area (Å²) in [5.74, 6) is 0.773. The van der Waals surface area contributed by atoms with Gasteiger partial charge in [-0.15, -0.1) is 0 Å². The molecule has 0 saturated carbocycles. The molecule has 0 fully saturated rings. The number of Topliss-reactive ketones (excluding diaryl/α,β-unsaturated/α-hetero) is 1. The van der Waals surface area contributed by atoms with E-state index in [2.05, 4.69) is 5.32 Å². The van der Waals surface area contributed by atoms with E-state index in [-0.39, 0.29) is 12.2 Å². The summed E-state index contributed by atoms with van der Waals surface area (Å²) in [5.41, 5.74) is 2.37. The van der Waals surface area contributed by atoms with Crippen LogP contribution in [0.2, 0.25) is 5.02 Å². The van der Waals surface area contributed by atoms with Crippen LogP contribution < -0.4 is 10.1 Å². The van der Waals surface area contributed by atoms with Crippen LogP contribution in [0.1, 0.15) is 35.7 Å². The molecule has 1 unspecified atom stereocenters. The predicted molar refractivity (Wildman–Crippen MR) is 97.0 cm³/mol. The predicted octanol–water partition coefficient (Wildman–Crippen LogP) is 4.30. The van der Waals surface area contributed by atoms with E-state index in [9.17, 15) is 9.90 Å². The third-order valence-corrected chi connectivity index (χ3v) is 3.95. The van der Waals surface area contributed by atoms with E-state index in [1.54, 1.807) is 26.2 Å². The van der Waals surface area contributed by atoms with Crippen LogP contribution >= 0.6 is 11.6 Å². The molecule has 5 heteroatoms. The minimum absolute atomic E-state index is 0.0318. The van der Waals surface area contributed by atoms with Crippen molar-refractivity contribution in [3.05, 3.63) is 58.6 Å². The molecule has 0 aliphatic rings. The number of rotatable bonds is 8. The number of hydrogen-bond donors (Lipinski definition) is 2. The van der Waals surface area contributed by atoms with Crippen LogP contribution in [0.4, 0.5) is 5.69 Å². The highest BCUT2D eigenvalue weighted by atomic mass is 35.5. The summed E-state index contributed by atoms with van der Waals surface area (Å²) in [7, 11) is 1.63. The average molecular weight is 348 g/mol. The molecular formula is C19H22ClNO3. The molecule has 2 rings (SSSR count). The van der Waals surface area contributed by atoms with E-state index in [1.807, 2.05) is 30.3 Å². The van der Waals surface area contributed by atoms with Gasteiger partial charge in [0.1, 0.15) is 5.75 Å². The van der Waals surface area contributed by atoms with Crippen LogP contribution in [0.25, 0.3) is 0 Å². The molecular weight excluding hydrogens is 326 g/mol. The molecule has 1 atom stereocenters. The number of nitrogens with one attached hydrogen (secondary N) is 1. The van der Waals surface area contributed by atoms with Gasteiger partial charge in [0.2, 0.25) is 0 Å². The Hall–Kier alpha value is -2.04. The van der Waals surface area contributed by atoms with E-state index in [4.69, 9.17) is 16.3 Å². The number of benzene rings is 2. The van der Waals surface area contributed by atoms with E-state index < -0.39 is 6.10 Å². The van der Waals surface area contributed by atoms with Crippen molar-refractivity contribution in [1.29, 1.82) is 0 Å². The lowest BCUT2D eigenvalue weighted by Gasteiger charge is -2.13. The Bertz CT molecular complexity index is 684. The molecule has 0 aromatic heterocycles. The molecule has 2 aromatic rings. The molecule has 0 aliphatic carbocycles. The zero-order chi connectivity index (χ0) is 17.5. The molecule has 4 nitrogen and oxygen atoms in total. The van der Waals surface area contributed by atoms with Crippen LogP contribution in [-0.2, 0) is 6.54 Å². The standard InChI is InChI=1S/C19H22ClNO3/c1-13(22)3-10-19(23)17-11-15(20)6-9-18(17)21-12-14-4-7-16(24-2)8-5-14/h4-9,11,13,21-22H,3,10,12H2,1-2H3. The molecule has 0 amide bonds. The second kappa shape index (κ2) is 8.71. The van der Waals surface area contributed by atoms with Gasteiger partial charge in [-0.3, -0.25) is 4.79 Å². The molecule has 0 bridgehead atoms. The number of aliphatic hydroxyl groups excluding tert-OH is 1. The van der Waals surface area contributed by atoms with Gasteiger partial charge >= 0.3 is 0 Å². The first kappa shape index (κ1) is 18.3. The van der Waals surface area contributed by atoms with Gasteiger partial charge in [0.15, 0.2) is 5.78 Å². The SMILES string of the molecule is COc1ccc(CNc2ccc(Cl)cc2C(=O)CCC(C)O)cc1. The van der Waals surface area contributed by atoms with Gasteiger partial charge in [-0.25, -0.2) is 0 Å². The fourth-order valence-electron chi connectivity index (χ4n) is 2.32. The van der Waals surface area contributed by atoms with Gasteiger partial charge in [-0.2, -0.15) is 0 Å².